The maximum absolute atomic E-state index is 13.6. The average molecular weight is 230 g/mol. The summed E-state index contributed by atoms with van der Waals surface area (Å²) >= 11 is 0. The standard InChI is InChI=1S/C14H15FN2/c1-2-5-14(17-16)12-8-9-13(15)11-7-4-3-6-10(11)12/h2-4,6-9,14,17H,1,5,16H2. The summed E-state index contributed by atoms with van der Waals surface area (Å²) in [4.78, 5) is 0. The van der Waals surface area contributed by atoms with Crippen LogP contribution in [-0.4, -0.2) is 0 Å². The van der Waals surface area contributed by atoms with Gasteiger partial charge in [-0.15, -0.1) is 6.58 Å². The van der Waals surface area contributed by atoms with Gasteiger partial charge in [0.15, 0.2) is 0 Å². The number of hydrogen-bond acceptors (Lipinski definition) is 2. The minimum Gasteiger partial charge on any atom is -0.271 e. The highest BCUT2D eigenvalue weighted by molar-refractivity contribution is 5.86. The fourth-order valence-electron chi connectivity index (χ4n) is 2.04. The molecular formula is C14H15FN2. The molecule has 0 fully saturated rings. The summed E-state index contributed by atoms with van der Waals surface area (Å²) in [6, 6.07) is 10.6. The van der Waals surface area contributed by atoms with Crippen molar-refractivity contribution in [2.24, 2.45) is 5.84 Å². The van der Waals surface area contributed by atoms with E-state index in [4.69, 9.17) is 5.84 Å². The summed E-state index contributed by atoms with van der Waals surface area (Å²) in [5.41, 5.74) is 3.73. The second-order valence-electron chi connectivity index (χ2n) is 3.93. The summed E-state index contributed by atoms with van der Waals surface area (Å²) in [5, 5.41) is 1.51. The van der Waals surface area contributed by atoms with E-state index in [2.05, 4.69) is 12.0 Å². The molecule has 17 heavy (non-hydrogen) atoms. The summed E-state index contributed by atoms with van der Waals surface area (Å²) in [7, 11) is 0. The first-order valence-corrected chi connectivity index (χ1v) is 5.52. The van der Waals surface area contributed by atoms with Gasteiger partial charge in [0, 0.05) is 11.4 Å². The Balaban J connectivity index is 2.61. The van der Waals surface area contributed by atoms with Crippen LogP contribution in [0.15, 0.2) is 49.1 Å². The lowest BCUT2D eigenvalue weighted by molar-refractivity contribution is 0.563. The van der Waals surface area contributed by atoms with Crippen LogP contribution in [0.25, 0.3) is 10.8 Å². The molecule has 0 aliphatic carbocycles. The van der Waals surface area contributed by atoms with E-state index in [9.17, 15) is 4.39 Å². The van der Waals surface area contributed by atoms with Crippen molar-refractivity contribution in [2.75, 3.05) is 0 Å². The van der Waals surface area contributed by atoms with E-state index in [1.807, 2.05) is 18.2 Å². The Kier molecular flexibility index (Phi) is 3.52. The maximum Gasteiger partial charge on any atom is 0.131 e. The number of nitrogens with one attached hydrogen (secondary N) is 1. The van der Waals surface area contributed by atoms with Gasteiger partial charge in [-0.05, 0) is 23.4 Å². The quantitative estimate of drug-likeness (QED) is 0.481. The predicted molar refractivity (Wildman–Crippen MR) is 68.8 cm³/mol. The van der Waals surface area contributed by atoms with E-state index >= 15 is 0 Å². The number of hydrazine groups is 1. The van der Waals surface area contributed by atoms with Crippen LogP contribution >= 0.6 is 0 Å². The van der Waals surface area contributed by atoms with E-state index in [1.165, 1.54) is 6.07 Å². The Morgan fingerprint density at radius 2 is 1.94 bits per heavy atom. The lowest BCUT2D eigenvalue weighted by Gasteiger charge is -2.17. The molecule has 0 heterocycles. The number of halogens is 1. The van der Waals surface area contributed by atoms with E-state index in [1.54, 1.807) is 18.2 Å². The lowest BCUT2D eigenvalue weighted by Crippen LogP contribution is -2.27. The van der Waals surface area contributed by atoms with Crippen LogP contribution in [0.2, 0.25) is 0 Å². The van der Waals surface area contributed by atoms with Gasteiger partial charge in [-0.1, -0.05) is 36.4 Å². The van der Waals surface area contributed by atoms with E-state index in [0.717, 1.165) is 10.9 Å². The molecule has 0 saturated heterocycles. The van der Waals surface area contributed by atoms with Gasteiger partial charge in [0.2, 0.25) is 0 Å². The van der Waals surface area contributed by atoms with Crippen molar-refractivity contribution >= 4 is 10.8 Å². The van der Waals surface area contributed by atoms with Crippen molar-refractivity contribution < 1.29 is 4.39 Å². The molecule has 2 aromatic carbocycles. The first-order chi connectivity index (χ1) is 8.27. The van der Waals surface area contributed by atoms with Gasteiger partial charge in [-0.3, -0.25) is 11.3 Å². The fourth-order valence-corrected chi connectivity index (χ4v) is 2.04. The minimum absolute atomic E-state index is 0.0435. The van der Waals surface area contributed by atoms with Crippen LogP contribution in [0.5, 0.6) is 0 Å². The van der Waals surface area contributed by atoms with Gasteiger partial charge in [0.1, 0.15) is 5.82 Å². The van der Waals surface area contributed by atoms with Crippen molar-refractivity contribution in [3.63, 3.8) is 0 Å². The molecule has 2 rings (SSSR count). The molecule has 2 nitrogen and oxygen atoms in total. The van der Waals surface area contributed by atoms with Crippen LogP contribution in [0.3, 0.4) is 0 Å². The topological polar surface area (TPSA) is 38.0 Å². The van der Waals surface area contributed by atoms with Gasteiger partial charge in [-0.2, -0.15) is 0 Å². The highest BCUT2D eigenvalue weighted by atomic mass is 19.1. The van der Waals surface area contributed by atoms with E-state index < -0.39 is 0 Å². The lowest BCUT2D eigenvalue weighted by atomic mass is 9.97. The van der Waals surface area contributed by atoms with E-state index in [-0.39, 0.29) is 11.9 Å². The molecule has 88 valence electrons. The van der Waals surface area contributed by atoms with Crippen molar-refractivity contribution in [2.45, 2.75) is 12.5 Å². The number of hydrogen-bond donors (Lipinski definition) is 2. The molecule has 0 amide bonds. The van der Waals surface area contributed by atoms with Gasteiger partial charge >= 0.3 is 0 Å². The largest absolute Gasteiger partial charge is 0.271 e. The summed E-state index contributed by atoms with van der Waals surface area (Å²) < 4.78 is 13.6. The second-order valence-corrected chi connectivity index (χ2v) is 3.93. The summed E-state index contributed by atoms with van der Waals surface area (Å²) in [6.45, 7) is 3.70. The predicted octanol–water partition coefficient (Wildman–Crippen LogP) is 3.06. The summed E-state index contributed by atoms with van der Waals surface area (Å²) in [6.07, 6.45) is 2.49. The molecule has 1 unspecified atom stereocenters. The number of benzene rings is 2. The first kappa shape index (κ1) is 11.8. The van der Waals surface area contributed by atoms with E-state index in [0.29, 0.717) is 11.8 Å². The molecule has 0 radical (unpaired) electrons. The van der Waals surface area contributed by atoms with Gasteiger partial charge in [-0.25, -0.2) is 4.39 Å². The smallest absolute Gasteiger partial charge is 0.131 e. The zero-order valence-electron chi connectivity index (χ0n) is 9.49. The Labute approximate surface area is 99.9 Å². The zero-order chi connectivity index (χ0) is 12.3. The Bertz CT molecular complexity index is 537. The van der Waals surface area contributed by atoms with Crippen LogP contribution < -0.4 is 11.3 Å². The second kappa shape index (κ2) is 5.08. The van der Waals surface area contributed by atoms with Crippen LogP contribution in [0, 0.1) is 5.82 Å². The van der Waals surface area contributed by atoms with Gasteiger partial charge in [0.05, 0.1) is 0 Å². The van der Waals surface area contributed by atoms with Crippen LogP contribution in [0.4, 0.5) is 4.39 Å². The molecular weight excluding hydrogens is 215 g/mol. The van der Waals surface area contributed by atoms with Crippen molar-refractivity contribution in [1.29, 1.82) is 0 Å². The van der Waals surface area contributed by atoms with Crippen molar-refractivity contribution in [3.8, 4) is 0 Å². The number of fused-ring (bicyclic) bond motifs is 1. The first-order valence-electron chi connectivity index (χ1n) is 5.52. The van der Waals surface area contributed by atoms with Crippen LogP contribution in [-0.2, 0) is 0 Å². The molecule has 0 aliphatic rings. The average Bonchev–Trinajstić information content (AvgIpc) is 2.37. The number of rotatable bonds is 4. The molecule has 2 aromatic rings. The molecule has 1 atom stereocenters. The highest BCUT2D eigenvalue weighted by Crippen LogP contribution is 2.27. The van der Waals surface area contributed by atoms with Crippen molar-refractivity contribution in [1.82, 2.24) is 5.43 Å². The maximum atomic E-state index is 13.6. The third-order valence-corrected chi connectivity index (χ3v) is 2.88. The van der Waals surface area contributed by atoms with Gasteiger partial charge in [0.25, 0.3) is 0 Å². The minimum atomic E-state index is -0.210. The third-order valence-electron chi connectivity index (χ3n) is 2.88. The molecule has 3 heteroatoms. The van der Waals surface area contributed by atoms with Gasteiger partial charge < -0.3 is 0 Å². The highest BCUT2D eigenvalue weighted by Gasteiger charge is 2.12. The normalized spacial score (nSPS) is 12.6. The molecule has 0 aromatic heterocycles. The monoisotopic (exact) mass is 230 g/mol. The Hall–Kier alpha value is -1.71. The molecule has 0 aliphatic heterocycles. The third kappa shape index (κ3) is 2.20. The molecule has 0 saturated carbocycles. The zero-order valence-corrected chi connectivity index (χ0v) is 9.49. The van der Waals surface area contributed by atoms with Crippen LogP contribution in [0.1, 0.15) is 18.0 Å². The number of nitrogens with two attached hydrogens (primary N) is 1. The van der Waals surface area contributed by atoms with Crippen molar-refractivity contribution in [3.05, 3.63) is 60.4 Å². The Morgan fingerprint density at radius 3 is 2.59 bits per heavy atom. The fraction of sp³-hybridized carbons (Fsp3) is 0.143. The Morgan fingerprint density at radius 1 is 1.24 bits per heavy atom. The molecule has 0 bridgehead atoms. The molecule has 0 spiro atoms. The SMILES string of the molecule is C=CCC(NN)c1ccc(F)c2ccccc12. The molecule has 3 N–H and O–H groups in total. The summed E-state index contributed by atoms with van der Waals surface area (Å²) in [5.74, 6) is 5.32.